The number of nitrogens with zero attached hydrogens (tertiary/aromatic N) is 1. The van der Waals surface area contributed by atoms with Crippen LogP contribution < -0.4 is 0 Å². The number of halogens is 1. The summed E-state index contributed by atoms with van der Waals surface area (Å²) in [5, 5.41) is 2.09. The lowest BCUT2D eigenvalue weighted by molar-refractivity contribution is 1.16. The van der Waals surface area contributed by atoms with Crippen molar-refractivity contribution in [2.24, 2.45) is 0 Å². The van der Waals surface area contributed by atoms with Crippen molar-refractivity contribution in [3.63, 3.8) is 0 Å². The maximum atomic E-state index is 4.42. The van der Waals surface area contributed by atoms with Crippen molar-refractivity contribution in [1.29, 1.82) is 0 Å². The van der Waals surface area contributed by atoms with Crippen LogP contribution in [-0.4, -0.2) is 4.98 Å². The Morgan fingerprint density at radius 2 is 2.33 bits per heavy atom. The van der Waals surface area contributed by atoms with E-state index < -0.39 is 0 Å². The first kappa shape index (κ1) is 11.2. The van der Waals surface area contributed by atoms with E-state index in [1.807, 2.05) is 13.0 Å². The Balaban J connectivity index is 1.99. The minimum Gasteiger partial charge on any atom is -0.235 e. The van der Waals surface area contributed by atoms with E-state index in [2.05, 4.69) is 44.5 Å². The summed E-state index contributed by atoms with van der Waals surface area (Å²) in [6.07, 6.45) is 0. The molecule has 1 nitrogen and oxygen atoms in total. The summed E-state index contributed by atoms with van der Waals surface area (Å²) < 4.78 is 2.28. The summed E-state index contributed by atoms with van der Waals surface area (Å²) in [4.78, 5) is 4.42. The fraction of sp³-hybridized carbons (Fsp3) is 0.182. The highest BCUT2D eigenvalue weighted by Crippen LogP contribution is 2.26. The van der Waals surface area contributed by atoms with E-state index in [1.165, 1.54) is 5.56 Å². The Kier molecular flexibility index (Phi) is 3.83. The van der Waals surface area contributed by atoms with E-state index in [1.54, 1.807) is 23.1 Å². The van der Waals surface area contributed by atoms with E-state index in [0.29, 0.717) is 0 Å². The molecule has 0 bridgehead atoms. The molecule has 0 unspecified atom stereocenters. The highest BCUT2D eigenvalue weighted by molar-refractivity contribution is 9.10. The second-order valence-corrected chi connectivity index (χ2v) is 6.17. The van der Waals surface area contributed by atoms with Crippen LogP contribution in [0.2, 0.25) is 0 Å². The van der Waals surface area contributed by atoms with Gasteiger partial charge in [0.05, 0.1) is 0 Å². The highest BCUT2D eigenvalue weighted by Gasteiger charge is 2.00. The van der Waals surface area contributed by atoms with Crippen LogP contribution in [-0.2, 0) is 5.75 Å². The zero-order valence-corrected chi connectivity index (χ0v) is 11.5. The number of hydrogen-bond donors (Lipinski definition) is 0. The third kappa shape index (κ3) is 3.33. The molecule has 2 rings (SSSR count). The number of thiazole rings is 1. The summed E-state index contributed by atoms with van der Waals surface area (Å²) in [5.74, 6) is 0.979. The molecule has 0 aliphatic carbocycles. The van der Waals surface area contributed by atoms with Crippen molar-refractivity contribution < 1.29 is 0 Å². The molecule has 0 aliphatic rings. The summed E-state index contributed by atoms with van der Waals surface area (Å²) in [6, 6.07) is 8.39. The van der Waals surface area contributed by atoms with Gasteiger partial charge in [0.2, 0.25) is 0 Å². The molecule has 2 aromatic rings. The first-order chi connectivity index (χ1) is 7.24. The van der Waals surface area contributed by atoms with Gasteiger partial charge < -0.3 is 0 Å². The molecular weight excluding hydrogens is 290 g/mol. The standard InChI is InChI=1S/C11H10BrNS2/c1-8-6-14-11(13-8)15-7-9-3-2-4-10(12)5-9/h2-6H,7H2,1H3. The van der Waals surface area contributed by atoms with Gasteiger partial charge in [0.1, 0.15) is 4.34 Å². The molecule has 1 aromatic carbocycles. The molecule has 0 atom stereocenters. The van der Waals surface area contributed by atoms with Gasteiger partial charge in [0.15, 0.2) is 0 Å². The fourth-order valence-corrected chi connectivity index (χ4v) is 3.41. The van der Waals surface area contributed by atoms with Gasteiger partial charge in [-0.3, -0.25) is 0 Å². The van der Waals surface area contributed by atoms with E-state index in [9.17, 15) is 0 Å². The molecule has 0 saturated carbocycles. The van der Waals surface area contributed by atoms with E-state index in [0.717, 1.165) is 20.3 Å². The van der Waals surface area contributed by atoms with E-state index in [-0.39, 0.29) is 0 Å². The third-order valence-corrected chi connectivity index (χ3v) is 4.55. The molecule has 1 aromatic heterocycles. The second-order valence-electron chi connectivity index (χ2n) is 3.17. The molecule has 0 aliphatic heterocycles. The largest absolute Gasteiger partial charge is 0.235 e. The van der Waals surface area contributed by atoms with Crippen LogP contribution in [0.3, 0.4) is 0 Å². The molecule has 0 fully saturated rings. The third-order valence-electron chi connectivity index (χ3n) is 1.85. The van der Waals surface area contributed by atoms with Gasteiger partial charge in [0.25, 0.3) is 0 Å². The number of aromatic nitrogens is 1. The van der Waals surface area contributed by atoms with Crippen LogP contribution in [0.25, 0.3) is 0 Å². The molecular formula is C11H10BrNS2. The monoisotopic (exact) mass is 299 g/mol. The van der Waals surface area contributed by atoms with E-state index in [4.69, 9.17) is 0 Å². The molecule has 0 amide bonds. The van der Waals surface area contributed by atoms with Crippen LogP contribution in [0.1, 0.15) is 11.3 Å². The number of rotatable bonds is 3. The molecule has 0 saturated heterocycles. The summed E-state index contributed by atoms with van der Waals surface area (Å²) in [5.41, 5.74) is 2.43. The molecule has 4 heteroatoms. The predicted molar refractivity (Wildman–Crippen MR) is 70.6 cm³/mol. The highest BCUT2D eigenvalue weighted by atomic mass is 79.9. The Labute approximate surface area is 106 Å². The molecule has 78 valence electrons. The van der Waals surface area contributed by atoms with Crippen LogP contribution in [0, 0.1) is 6.92 Å². The second kappa shape index (κ2) is 5.14. The van der Waals surface area contributed by atoms with Gasteiger partial charge >= 0.3 is 0 Å². The van der Waals surface area contributed by atoms with Crippen LogP contribution in [0.15, 0.2) is 38.5 Å². The van der Waals surface area contributed by atoms with Crippen molar-refractivity contribution in [2.45, 2.75) is 17.0 Å². The quantitative estimate of drug-likeness (QED) is 0.774. The Bertz CT molecular complexity index is 453. The van der Waals surface area contributed by atoms with Crippen molar-refractivity contribution in [3.05, 3.63) is 45.4 Å². The zero-order valence-electron chi connectivity index (χ0n) is 8.24. The zero-order chi connectivity index (χ0) is 10.7. The molecule has 15 heavy (non-hydrogen) atoms. The number of thioether (sulfide) groups is 1. The molecule has 1 heterocycles. The Hall–Kier alpha value is -0.320. The fourth-order valence-electron chi connectivity index (χ4n) is 1.17. The number of benzene rings is 1. The number of hydrogen-bond acceptors (Lipinski definition) is 3. The SMILES string of the molecule is Cc1csc(SCc2cccc(Br)c2)n1. The minimum absolute atomic E-state index is 0.979. The number of aryl methyl sites for hydroxylation is 1. The first-order valence-electron chi connectivity index (χ1n) is 4.53. The maximum absolute atomic E-state index is 4.42. The van der Waals surface area contributed by atoms with Crippen LogP contribution in [0.4, 0.5) is 0 Å². The van der Waals surface area contributed by atoms with Gasteiger partial charge in [-0.05, 0) is 24.6 Å². The molecule has 0 N–H and O–H groups in total. The van der Waals surface area contributed by atoms with Gasteiger partial charge in [0, 0.05) is 21.3 Å². The molecule has 0 spiro atoms. The summed E-state index contributed by atoms with van der Waals surface area (Å²) >= 11 is 6.97. The van der Waals surface area contributed by atoms with Crippen molar-refractivity contribution in [1.82, 2.24) is 4.98 Å². The lowest BCUT2D eigenvalue weighted by Gasteiger charge is -1.99. The van der Waals surface area contributed by atoms with Crippen molar-refractivity contribution in [2.75, 3.05) is 0 Å². The van der Waals surface area contributed by atoms with Gasteiger partial charge in [-0.15, -0.1) is 11.3 Å². The van der Waals surface area contributed by atoms with Crippen LogP contribution in [0.5, 0.6) is 0 Å². The topological polar surface area (TPSA) is 12.9 Å². The lowest BCUT2D eigenvalue weighted by Crippen LogP contribution is -1.80. The maximum Gasteiger partial charge on any atom is 0.150 e. The minimum atomic E-state index is 0.979. The summed E-state index contributed by atoms with van der Waals surface area (Å²) in [6.45, 7) is 2.03. The van der Waals surface area contributed by atoms with Crippen molar-refractivity contribution >= 4 is 39.0 Å². The average molecular weight is 300 g/mol. The van der Waals surface area contributed by atoms with Gasteiger partial charge in [-0.2, -0.15) is 0 Å². The normalized spacial score (nSPS) is 10.5. The Morgan fingerprint density at radius 1 is 1.47 bits per heavy atom. The van der Waals surface area contributed by atoms with Gasteiger partial charge in [-0.1, -0.05) is 39.8 Å². The van der Waals surface area contributed by atoms with E-state index >= 15 is 0 Å². The van der Waals surface area contributed by atoms with Crippen molar-refractivity contribution in [3.8, 4) is 0 Å². The smallest absolute Gasteiger partial charge is 0.150 e. The van der Waals surface area contributed by atoms with Gasteiger partial charge in [-0.25, -0.2) is 4.98 Å². The molecule has 0 radical (unpaired) electrons. The van der Waals surface area contributed by atoms with Crippen LogP contribution >= 0.6 is 39.0 Å². The predicted octanol–water partition coefficient (Wildman–Crippen LogP) is 4.51. The lowest BCUT2D eigenvalue weighted by atomic mass is 10.2. The average Bonchev–Trinajstić information content (AvgIpc) is 2.62. The summed E-state index contributed by atoms with van der Waals surface area (Å²) in [7, 11) is 0. The first-order valence-corrected chi connectivity index (χ1v) is 7.19. The Morgan fingerprint density at radius 3 is 3.00 bits per heavy atom.